The van der Waals surface area contributed by atoms with Crippen LogP contribution in [0.15, 0.2) is 29.3 Å². The summed E-state index contributed by atoms with van der Waals surface area (Å²) in [5.74, 6) is 1.17. The molecule has 4 rings (SSSR count). The van der Waals surface area contributed by atoms with Gasteiger partial charge >= 0.3 is 11.2 Å². The molecule has 2 saturated heterocycles. The monoisotopic (exact) mass is 448 g/mol. The number of nitrogens with zero attached hydrogens (tertiary/aromatic N) is 5. The maximum absolute atomic E-state index is 13.0. The minimum Gasteiger partial charge on any atom is -0.303 e. The minimum absolute atomic E-state index is 0.238. The van der Waals surface area contributed by atoms with E-state index < -0.39 is 6.04 Å². The van der Waals surface area contributed by atoms with E-state index in [4.69, 9.17) is 16.6 Å². The van der Waals surface area contributed by atoms with E-state index in [1.165, 1.54) is 36.1 Å². The molecule has 0 spiro atoms. The van der Waals surface area contributed by atoms with Crippen molar-refractivity contribution in [1.82, 2.24) is 14.7 Å². The van der Waals surface area contributed by atoms with Gasteiger partial charge in [-0.1, -0.05) is 30.2 Å². The average Bonchev–Trinajstić information content (AvgIpc) is 3.11. The van der Waals surface area contributed by atoms with E-state index in [1.54, 1.807) is 18.8 Å². The Hall–Kier alpha value is -1.90. The molecule has 1 unspecified atom stereocenters. The van der Waals surface area contributed by atoms with Crippen molar-refractivity contribution in [3.8, 4) is 0 Å². The van der Waals surface area contributed by atoms with Crippen LogP contribution in [0.5, 0.6) is 0 Å². The highest BCUT2D eigenvalue weighted by Crippen LogP contribution is 2.25. The minimum atomic E-state index is -0.578. The first-order valence-electron chi connectivity index (χ1n) is 10.3. The van der Waals surface area contributed by atoms with Crippen LogP contribution in [0.4, 0.5) is 4.79 Å². The molecule has 0 radical (unpaired) electrons. The second kappa shape index (κ2) is 9.08. The van der Waals surface area contributed by atoms with Gasteiger partial charge in [0.15, 0.2) is 0 Å². The van der Waals surface area contributed by atoms with Gasteiger partial charge in [-0.15, -0.1) is 0 Å². The summed E-state index contributed by atoms with van der Waals surface area (Å²) in [7, 11) is 3.21. The molecule has 3 amide bonds. The standard InChI is InChI=1S/C21H27ClN5O2S/c1-24-18-17(19(28)25(2)21(24)29)27(14-15-6-8-16(22)9-7-15)20(23-18)30-13-12-26-10-4-3-5-11-26/h6-9,17H,3-5,10-14H2,1-2H3/q+1. The maximum atomic E-state index is 13.0. The Bertz CT molecular complexity index is 895. The highest BCUT2D eigenvalue weighted by atomic mass is 35.5. The highest BCUT2D eigenvalue weighted by Gasteiger charge is 2.53. The van der Waals surface area contributed by atoms with Gasteiger partial charge in [-0.2, -0.15) is 0 Å². The SMILES string of the molecule is CN1C(=O)C2C(=NC(SCCN3CCCCC3)=[N+]2Cc2ccc(Cl)cc2)N(C)C1=O. The highest BCUT2D eigenvalue weighted by molar-refractivity contribution is 8.13. The molecule has 1 aromatic rings. The summed E-state index contributed by atoms with van der Waals surface area (Å²) in [6, 6.07) is 6.70. The largest absolute Gasteiger partial charge is 0.358 e. The fraction of sp³-hybridized carbons (Fsp3) is 0.524. The number of hydrogen-bond donors (Lipinski definition) is 0. The number of fused-ring (bicyclic) bond motifs is 1. The van der Waals surface area contributed by atoms with E-state index in [2.05, 4.69) is 4.90 Å². The van der Waals surface area contributed by atoms with Gasteiger partial charge in [-0.05, 0) is 60.4 Å². The Kier molecular flexibility index (Phi) is 6.46. The lowest BCUT2D eigenvalue weighted by molar-refractivity contribution is -0.548. The van der Waals surface area contributed by atoms with Gasteiger partial charge in [0, 0.05) is 31.4 Å². The Balaban J connectivity index is 1.57. The number of likely N-dealkylation sites (tertiary alicyclic amines) is 1. The molecular weight excluding hydrogens is 422 g/mol. The number of likely N-dealkylation sites (N-methyl/N-ethyl adjacent to an activating group) is 2. The Morgan fingerprint density at radius 2 is 1.80 bits per heavy atom. The van der Waals surface area contributed by atoms with Crippen LogP contribution in [-0.4, -0.2) is 87.7 Å². The summed E-state index contributed by atoms with van der Waals surface area (Å²) < 4.78 is 2.02. The smallest absolute Gasteiger partial charge is 0.303 e. The number of benzene rings is 1. The normalized spacial score (nSPS) is 22.6. The number of rotatable bonds is 5. The number of urea groups is 1. The number of piperidine rings is 1. The molecule has 160 valence electrons. The molecule has 3 heterocycles. The van der Waals surface area contributed by atoms with Crippen LogP contribution in [0.2, 0.25) is 5.02 Å². The van der Waals surface area contributed by atoms with E-state index in [1.807, 2.05) is 28.8 Å². The number of hydrogen-bond acceptors (Lipinski definition) is 5. The van der Waals surface area contributed by atoms with E-state index in [-0.39, 0.29) is 11.9 Å². The second-order valence-corrected chi connectivity index (χ2v) is 9.40. The van der Waals surface area contributed by atoms with E-state index >= 15 is 0 Å². The molecule has 0 bridgehead atoms. The number of amidine groups is 2. The Labute approximate surface area is 186 Å². The molecule has 30 heavy (non-hydrogen) atoms. The summed E-state index contributed by atoms with van der Waals surface area (Å²) >= 11 is 7.69. The lowest BCUT2D eigenvalue weighted by Crippen LogP contribution is -2.61. The zero-order valence-corrected chi connectivity index (χ0v) is 19.0. The maximum Gasteiger partial charge on any atom is 0.358 e. The summed E-state index contributed by atoms with van der Waals surface area (Å²) in [6.45, 7) is 3.84. The summed E-state index contributed by atoms with van der Waals surface area (Å²) in [6.07, 6.45) is 3.85. The Morgan fingerprint density at radius 3 is 2.50 bits per heavy atom. The van der Waals surface area contributed by atoms with Crippen LogP contribution >= 0.6 is 23.4 Å². The first kappa shape index (κ1) is 21.3. The summed E-state index contributed by atoms with van der Waals surface area (Å²) in [4.78, 5) is 35.3. The van der Waals surface area contributed by atoms with Crippen LogP contribution in [0.3, 0.4) is 0 Å². The lowest BCUT2D eigenvalue weighted by atomic mass is 10.1. The first-order valence-corrected chi connectivity index (χ1v) is 11.7. The fourth-order valence-corrected chi connectivity index (χ4v) is 5.24. The lowest BCUT2D eigenvalue weighted by Gasteiger charge is -2.30. The van der Waals surface area contributed by atoms with Gasteiger partial charge in [-0.25, -0.2) is 9.37 Å². The molecule has 0 saturated carbocycles. The van der Waals surface area contributed by atoms with Crippen molar-refractivity contribution in [2.45, 2.75) is 31.8 Å². The van der Waals surface area contributed by atoms with Crippen LogP contribution in [0.25, 0.3) is 0 Å². The quantitative estimate of drug-likeness (QED) is 0.650. The van der Waals surface area contributed by atoms with E-state index in [0.717, 1.165) is 36.1 Å². The predicted molar refractivity (Wildman–Crippen MR) is 120 cm³/mol. The van der Waals surface area contributed by atoms with Crippen molar-refractivity contribution >= 4 is 46.3 Å². The molecule has 0 aromatic heterocycles. The van der Waals surface area contributed by atoms with Crippen LogP contribution < -0.4 is 0 Å². The van der Waals surface area contributed by atoms with Gasteiger partial charge < -0.3 is 4.90 Å². The second-order valence-electron chi connectivity index (χ2n) is 7.90. The number of amides is 3. The molecule has 0 aliphatic carbocycles. The van der Waals surface area contributed by atoms with Crippen molar-refractivity contribution in [2.24, 2.45) is 4.99 Å². The molecule has 1 atom stereocenters. The average molecular weight is 449 g/mol. The molecule has 3 aliphatic heterocycles. The molecule has 7 nitrogen and oxygen atoms in total. The van der Waals surface area contributed by atoms with Gasteiger partial charge in [0.1, 0.15) is 6.54 Å². The van der Waals surface area contributed by atoms with Crippen molar-refractivity contribution in [1.29, 1.82) is 0 Å². The topological polar surface area (TPSA) is 59.2 Å². The third-order valence-corrected chi connectivity index (χ3v) is 7.07. The Morgan fingerprint density at radius 1 is 1.10 bits per heavy atom. The first-order chi connectivity index (χ1) is 14.5. The molecule has 3 aliphatic rings. The number of carbonyl (C=O) groups is 2. The zero-order valence-electron chi connectivity index (χ0n) is 17.4. The van der Waals surface area contributed by atoms with Crippen molar-refractivity contribution in [3.05, 3.63) is 34.9 Å². The fourth-order valence-electron chi connectivity index (χ4n) is 4.09. The third kappa shape index (κ3) is 4.26. The van der Waals surface area contributed by atoms with Crippen molar-refractivity contribution in [2.75, 3.05) is 39.5 Å². The van der Waals surface area contributed by atoms with Gasteiger partial charge in [0.25, 0.3) is 17.8 Å². The van der Waals surface area contributed by atoms with Crippen LogP contribution in [-0.2, 0) is 11.3 Å². The van der Waals surface area contributed by atoms with Crippen LogP contribution in [0, 0.1) is 0 Å². The van der Waals surface area contributed by atoms with Crippen LogP contribution in [0.1, 0.15) is 24.8 Å². The number of thioether (sulfide) groups is 1. The molecule has 9 heteroatoms. The number of imide groups is 1. The summed E-state index contributed by atoms with van der Waals surface area (Å²) in [5, 5.41) is 1.47. The van der Waals surface area contributed by atoms with E-state index in [0.29, 0.717) is 17.4 Å². The zero-order chi connectivity index (χ0) is 21.3. The van der Waals surface area contributed by atoms with Gasteiger partial charge in [0.05, 0.1) is 0 Å². The van der Waals surface area contributed by atoms with E-state index in [9.17, 15) is 9.59 Å². The number of halogens is 1. The molecular formula is C21H27ClN5O2S+. The van der Waals surface area contributed by atoms with Crippen molar-refractivity contribution in [3.63, 3.8) is 0 Å². The third-order valence-electron chi connectivity index (χ3n) is 5.85. The predicted octanol–water partition coefficient (Wildman–Crippen LogP) is 2.73. The summed E-state index contributed by atoms with van der Waals surface area (Å²) in [5.41, 5.74) is 1.04. The molecule has 0 N–H and O–H groups in total. The van der Waals surface area contributed by atoms with Gasteiger partial charge in [0.2, 0.25) is 0 Å². The van der Waals surface area contributed by atoms with Gasteiger partial charge in [-0.3, -0.25) is 14.6 Å². The number of carbonyl (C=O) groups excluding carboxylic acids is 2. The molecule has 1 aromatic carbocycles. The number of aliphatic imine (C=N–C) groups is 1. The molecule has 2 fully saturated rings. The van der Waals surface area contributed by atoms with Crippen molar-refractivity contribution < 1.29 is 14.2 Å².